The van der Waals surface area contributed by atoms with Crippen molar-refractivity contribution in [2.45, 2.75) is 25.5 Å². The molecule has 25 heavy (non-hydrogen) atoms. The summed E-state index contributed by atoms with van der Waals surface area (Å²) in [7, 11) is 3.84. The van der Waals surface area contributed by atoms with Gasteiger partial charge in [0.15, 0.2) is 0 Å². The summed E-state index contributed by atoms with van der Waals surface area (Å²) in [4.78, 5) is 14.0. The molecule has 1 unspecified atom stereocenters. The highest BCUT2D eigenvalue weighted by Crippen LogP contribution is 2.18. The molecule has 0 fully saturated rings. The minimum atomic E-state index is -2.84. The summed E-state index contributed by atoms with van der Waals surface area (Å²) in [5.41, 5.74) is 0.881. The Labute approximate surface area is 145 Å². The molecule has 1 amide bonds. The number of amides is 1. The second-order valence-electron chi connectivity index (χ2n) is 5.82. The predicted molar refractivity (Wildman–Crippen MR) is 89.5 cm³/mol. The number of hydrogen-bond acceptors (Lipinski definition) is 4. The van der Waals surface area contributed by atoms with E-state index in [9.17, 15) is 13.6 Å². The molecule has 0 aliphatic rings. The molecule has 1 aromatic carbocycles. The zero-order valence-electron chi connectivity index (χ0n) is 14.2. The van der Waals surface area contributed by atoms with Gasteiger partial charge in [-0.05, 0) is 50.3 Å². The molecule has 0 spiro atoms. The van der Waals surface area contributed by atoms with E-state index in [1.807, 2.05) is 31.1 Å². The van der Waals surface area contributed by atoms with Gasteiger partial charge in [-0.15, -0.1) is 0 Å². The van der Waals surface area contributed by atoms with E-state index in [1.54, 1.807) is 18.4 Å². The Morgan fingerprint density at radius 3 is 2.52 bits per heavy atom. The number of rotatable bonds is 9. The largest absolute Gasteiger partial charge is 0.468 e. The second kappa shape index (κ2) is 9.17. The topological polar surface area (TPSA) is 54.7 Å². The maximum absolute atomic E-state index is 12.1. The molecule has 0 saturated carbocycles. The molecule has 0 aliphatic heterocycles. The van der Waals surface area contributed by atoms with Gasteiger partial charge >= 0.3 is 6.61 Å². The lowest BCUT2D eigenvalue weighted by Crippen LogP contribution is -2.34. The Balaban J connectivity index is 1.78. The van der Waals surface area contributed by atoms with Crippen LogP contribution < -0.4 is 10.1 Å². The zero-order valence-corrected chi connectivity index (χ0v) is 14.2. The van der Waals surface area contributed by atoms with Crippen molar-refractivity contribution in [3.05, 3.63) is 54.0 Å². The van der Waals surface area contributed by atoms with Crippen LogP contribution in [0, 0.1) is 0 Å². The smallest absolute Gasteiger partial charge is 0.387 e. The van der Waals surface area contributed by atoms with Crippen LogP contribution in [-0.4, -0.2) is 38.1 Å². The van der Waals surface area contributed by atoms with Crippen LogP contribution in [0.4, 0.5) is 8.78 Å². The van der Waals surface area contributed by atoms with E-state index in [0.29, 0.717) is 19.4 Å². The Bertz CT molecular complexity index is 643. The van der Waals surface area contributed by atoms with Gasteiger partial charge in [0, 0.05) is 13.0 Å². The van der Waals surface area contributed by atoms with Gasteiger partial charge in [0.25, 0.3) is 0 Å². The number of carbonyl (C=O) groups is 1. The molecule has 0 bridgehead atoms. The van der Waals surface area contributed by atoms with E-state index in [1.165, 1.54) is 12.1 Å². The highest BCUT2D eigenvalue weighted by molar-refractivity contribution is 5.76. The molecule has 2 rings (SSSR count). The van der Waals surface area contributed by atoms with E-state index in [0.717, 1.165) is 11.3 Å². The number of furan rings is 1. The van der Waals surface area contributed by atoms with Crippen LogP contribution in [0.1, 0.15) is 23.8 Å². The fourth-order valence-corrected chi connectivity index (χ4v) is 2.41. The van der Waals surface area contributed by atoms with Crippen molar-refractivity contribution in [2.75, 3.05) is 20.6 Å². The van der Waals surface area contributed by atoms with E-state index < -0.39 is 6.61 Å². The van der Waals surface area contributed by atoms with E-state index in [-0.39, 0.29) is 17.7 Å². The van der Waals surface area contributed by atoms with Crippen molar-refractivity contribution in [1.82, 2.24) is 10.2 Å². The SMILES string of the molecule is CN(C)C(CNC(=O)CCc1ccc(OC(F)F)cc1)c1ccco1. The number of likely N-dealkylation sites (N-methyl/N-ethyl adjacent to an activating group) is 1. The molecule has 0 aliphatic carbocycles. The number of nitrogens with one attached hydrogen (secondary N) is 1. The van der Waals surface area contributed by atoms with Crippen molar-refractivity contribution < 1.29 is 22.7 Å². The number of benzene rings is 1. The maximum Gasteiger partial charge on any atom is 0.387 e. The Morgan fingerprint density at radius 2 is 1.96 bits per heavy atom. The molecule has 1 N–H and O–H groups in total. The highest BCUT2D eigenvalue weighted by Gasteiger charge is 2.17. The van der Waals surface area contributed by atoms with Crippen LogP contribution in [-0.2, 0) is 11.2 Å². The van der Waals surface area contributed by atoms with Crippen molar-refractivity contribution in [2.24, 2.45) is 0 Å². The average Bonchev–Trinajstić information content (AvgIpc) is 3.08. The van der Waals surface area contributed by atoms with E-state index in [2.05, 4.69) is 10.1 Å². The second-order valence-corrected chi connectivity index (χ2v) is 5.82. The summed E-state index contributed by atoms with van der Waals surface area (Å²) < 4.78 is 33.9. The molecule has 136 valence electrons. The maximum atomic E-state index is 12.1. The third-order valence-electron chi connectivity index (χ3n) is 3.78. The Morgan fingerprint density at radius 1 is 1.24 bits per heavy atom. The fraction of sp³-hybridized carbons (Fsp3) is 0.389. The first-order valence-electron chi connectivity index (χ1n) is 7.96. The molecule has 0 saturated heterocycles. The van der Waals surface area contributed by atoms with E-state index >= 15 is 0 Å². The molecular weight excluding hydrogens is 330 g/mol. The summed E-state index contributed by atoms with van der Waals surface area (Å²) in [6.07, 6.45) is 2.44. The molecule has 7 heteroatoms. The van der Waals surface area contributed by atoms with Crippen LogP contribution >= 0.6 is 0 Å². The lowest BCUT2D eigenvalue weighted by Gasteiger charge is -2.22. The van der Waals surface area contributed by atoms with Gasteiger partial charge in [0.05, 0.1) is 12.3 Å². The van der Waals surface area contributed by atoms with Crippen molar-refractivity contribution in [3.8, 4) is 5.75 Å². The van der Waals surface area contributed by atoms with Gasteiger partial charge in [-0.25, -0.2) is 0 Å². The molecular formula is C18H22F2N2O3. The summed E-state index contributed by atoms with van der Waals surface area (Å²) in [6, 6.07) is 9.95. The summed E-state index contributed by atoms with van der Waals surface area (Å²) in [5, 5.41) is 2.90. The van der Waals surface area contributed by atoms with Gasteiger partial charge < -0.3 is 14.5 Å². The van der Waals surface area contributed by atoms with Gasteiger partial charge in [0.2, 0.25) is 5.91 Å². The van der Waals surface area contributed by atoms with Gasteiger partial charge in [-0.1, -0.05) is 12.1 Å². The minimum absolute atomic E-state index is 0.0373. The zero-order chi connectivity index (χ0) is 18.2. The molecule has 1 heterocycles. The first kappa shape index (κ1) is 18.9. The predicted octanol–water partition coefficient (Wildman–Crippen LogP) is 3.23. The number of aryl methyl sites for hydroxylation is 1. The Kier molecular flexibility index (Phi) is 6.94. The highest BCUT2D eigenvalue weighted by atomic mass is 19.3. The van der Waals surface area contributed by atoms with Crippen molar-refractivity contribution in [3.63, 3.8) is 0 Å². The standard InChI is InChI=1S/C18H22F2N2O3/c1-22(2)15(16-4-3-11-24-16)12-21-17(23)10-7-13-5-8-14(9-6-13)25-18(19)20/h3-6,8-9,11,15,18H,7,10,12H2,1-2H3,(H,21,23). The molecule has 1 atom stereocenters. The van der Waals surface area contributed by atoms with Crippen LogP contribution in [0.25, 0.3) is 0 Å². The lowest BCUT2D eigenvalue weighted by molar-refractivity contribution is -0.121. The molecule has 5 nitrogen and oxygen atoms in total. The van der Waals surface area contributed by atoms with Gasteiger partial charge in [0.1, 0.15) is 11.5 Å². The van der Waals surface area contributed by atoms with Crippen LogP contribution in [0.3, 0.4) is 0 Å². The minimum Gasteiger partial charge on any atom is -0.468 e. The number of nitrogens with zero attached hydrogens (tertiary/aromatic N) is 1. The summed E-state index contributed by atoms with van der Waals surface area (Å²) in [6.45, 7) is -2.39. The molecule has 1 aromatic heterocycles. The Hall–Kier alpha value is -2.41. The number of halogens is 2. The number of carbonyl (C=O) groups excluding carboxylic acids is 1. The van der Waals surface area contributed by atoms with Crippen LogP contribution in [0.2, 0.25) is 0 Å². The number of alkyl halides is 2. The number of hydrogen-bond donors (Lipinski definition) is 1. The van der Waals surface area contributed by atoms with Gasteiger partial charge in [-0.2, -0.15) is 8.78 Å². The van der Waals surface area contributed by atoms with E-state index in [4.69, 9.17) is 4.42 Å². The lowest BCUT2D eigenvalue weighted by atomic mass is 10.1. The first-order valence-corrected chi connectivity index (χ1v) is 7.96. The summed E-state index contributed by atoms with van der Waals surface area (Å²) in [5.74, 6) is 0.821. The monoisotopic (exact) mass is 352 g/mol. The van der Waals surface area contributed by atoms with Crippen LogP contribution in [0.5, 0.6) is 5.75 Å². The van der Waals surface area contributed by atoms with Crippen molar-refractivity contribution in [1.29, 1.82) is 0 Å². The molecule has 0 radical (unpaired) electrons. The summed E-state index contributed by atoms with van der Waals surface area (Å²) >= 11 is 0. The number of ether oxygens (including phenoxy) is 1. The fourth-order valence-electron chi connectivity index (χ4n) is 2.41. The molecule has 2 aromatic rings. The van der Waals surface area contributed by atoms with Crippen molar-refractivity contribution >= 4 is 5.91 Å². The van der Waals surface area contributed by atoms with Gasteiger partial charge in [-0.3, -0.25) is 9.69 Å². The normalized spacial score (nSPS) is 12.4. The third-order valence-corrected chi connectivity index (χ3v) is 3.78. The first-order chi connectivity index (χ1) is 12.0. The third kappa shape index (κ3) is 6.19. The quantitative estimate of drug-likeness (QED) is 0.753. The van der Waals surface area contributed by atoms with Crippen LogP contribution in [0.15, 0.2) is 47.1 Å². The average molecular weight is 352 g/mol.